The zero-order chi connectivity index (χ0) is 14.4. The number of carbonyl (C=O) groups excluding carboxylic acids is 1. The lowest BCUT2D eigenvalue weighted by Crippen LogP contribution is -2.05. The number of benzene rings is 2. The molecule has 5 heteroatoms. The maximum absolute atomic E-state index is 12.1. The molecule has 0 radical (unpaired) electrons. The van der Waals surface area contributed by atoms with Gasteiger partial charge in [0.1, 0.15) is 5.75 Å². The quantitative estimate of drug-likeness (QED) is 0.606. The van der Waals surface area contributed by atoms with Gasteiger partial charge in [-0.3, -0.25) is 4.79 Å². The number of carbonyl (C=O) groups is 1. The van der Waals surface area contributed by atoms with Crippen molar-refractivity contribution in [3.05, 3.63) is 60.2 Å². The molecule has 102 valence electrons. The zero-order valence-electron chi connectivity index (χ0n) is 10.9. The summed E-state index contributed by atoms with van der Waals surface area (Å²) in [6.07, 6.45) is -0.251. The molecule has 0 amide bonds. The molecule has 0 aliphatic heterocycles. The van der Waals surface area contributed by atoms with Gasteiger partial charge in [0.25, 0.3) is 0 Å². The second kappa shape index (κ2) is 6.94. The van der Waals surface area contributed by atoms with E-state index in [0.717, 1.165) is 0 Å². The number of hydrogen-bond donors (Lipinski definition) is 0. The van der Waals surface area contributed by atoms with Crippen molar-refractivity contribution in [3.8, 4) is 5.75 Å². The molecular formula is C15H14O4P+. The van der Waals surface area contributed by atoms with Gasteiger partial charge in [-0.25, -0.2) is 0 Å². The van der Waals surface area contributed by atoms with Gasteiger partial charge in [-0.1, -0.05) is 30.3 Å². The first-order chi connectivity index (χ1) is 9.74. The summed E-state index contributed by atoms with van der Waals surface area (Å²) < 4.78 is 22.5. The topological polar surface area (TPSA) is 52.6 Å². The van der Waals surface area contributed by atoms with E-state index in [1.165, 1.54) is 0 Å². The Bertz CT molecular complexity index is 598. The average molecular weight is 289 g/mol. The third-order valence-corrected chi connectivity index (χ3v) is 3.86. The first-order valence-corrected chi connectivity index (χ1v) is 7.20. The van der Waals surface area contributed by atoms with E-state index in [9.17, 15) is 9.36 Å². The van der Waals surface area contributed by atoms with Crippen molar-refractivity contribution in [2.45, 2.75) is 6.10 Å². The van der Waals surface area contributed by atoms with Crippen molar-refractivity contribution in [3.63, 3.8) is 0 Å². The number of aldehydes is 1. The van der Waals surface area contributed by atoms with Crippen LogP contribution in [0.2, 0.25) is 0 Å². The van der Waals surface area contributed by atoms with Gasteiger partial charge in [0.15, 0.2) is 12.4 Å². The molecule has 2 unspecified atom stereocenters. The third kappa shape index (κ3) is 3.50. The van der Waals surface area contributed by atoms with Crippen molar-refractivity contribution < 1.29 is 18.6 Å². The van der Waals surface area contributed by atoms with Crippen LogP contribution in [0.5, 0.6) is 5.75 Å². The highest BCUT2D eigenvalue weighted by Crippen LogP contribution is 2.31. The highest BCUT2D eigenvalue weighted by atomic mass is 31.1. The Morgan fingerprint density at radius 3 is 2.50 bits per heavy atom. The molecule has 0 heterocycles. The molecule has 0 saturated heterocycles. The van der Waals surface area contributed by atoms with E-state index < -0.39 is 14.1 Å². The van der Waals surface area contributed by atoms with Crippen LogP contribution in [-0.2, 0) is 13.9 Å². The molecule has 0 saturated carbocycles. The van der Waals surface area contributed by atoms with Crippen molar-refractivity contribution in [2.24, 2.45) is 0 Å². The molecular weight excluding hydrogens is 275 g/mol. The van der Waals surface area contributed by atoms with Crippen LogP contribution in [0, 0.1) is 0 Å². The van der Waals surface area contributed by atoms with Gasteiger partial charge in [-0.15, -0.1) is 4.52 Å². The van der Waals surface area contributed by atoms with Crippen LogP contribution in [0.25, 0.3) is 0 Å². The molecule has 0 bridgehead atoms. The second-order valence-corrected chi connectivity index (χ2v) is 5.27. The second-order valence-electron chi connectivity index (χ2n) is 4.03. The minimum Gasteiger partial charge on any atom is -0.497 e. The maximum Gasteiger partial charge on any atom is 0.549 e. The van der Waals surface area contributed by atoms with E-state index in [4.69, 9.17) is 9.26 Å². The van der Waals surface area contributed by atoms with Crippen LogP contribution in [0.3, 0.4) is 0 Å². The summed E-state index contributed by atoms with van der Waals surface area (Å²) in [4.78, 5) is 11.2. The Kier molecular flexibility index (Phi) is 4.99. The van der Waals surface area contributed by atoms with Gasteiger partial charge >= 0.3 is 8.03 Å². The predicted octanol–water partition coefficient (Wildman–Crippen LogP) is 3.02. The van der Waals surface area contributed by atoms with Gasteiger partial charge in [0.05, 0.1) is 7.11 Å². The van der Waals surface area contributed by atoms with Crippen LogP contribution >= 0.6 is 8.03 Å². The van der Waals surface area contributed by atoms with Crippen molar-refractivity contribution in [2.75, 3.05) is 7.11 Å². The Morgan fingerprint density at radius 1 is 1.10 bits per heavy atom. The Labute approximate surface area is 118 Å². The average Bonchev–Trinajstić information content (AvgIpc) is 2.53. The Balaban J connectivity index is 2.16. The molecule has 0 spiro atoms. The van der Waals surface area contributed by atoms with E-state index in [1.807, 2.05) is 6.07 Å². The summed E-state index contributed by atoms with van der Waals surface area (Å²) in [5, 5.41) is 0.553. The van der Waals surface area contributed by atoms with Gasteiger partial charge < -0.3 is 4.74 Å². The lowest BCUT2D eigenvalue weighted by atomic mass is 10.1. The van der Waals surface area contributed by atoms with E-state index >= 15 is 0 Å². The number of rotatable bonds is 6. The first kappa shape index (κ1) is 14.4. The molecule has 0 aromatic heterocycles. The van der Waals surface area contributed by atoms with Crippen LogP contribution in [0.15, 0.2) is 54.6 Å². The fraction of sp³-hybridized carbons (Fsp3) is 0.133. The molecule has 0 N–H and O–H groups in total. The summed E-state index contributed by atoms with van der Waals surface area (Å²) in [5.74, 6) is 0.618. The molecule has 2 atom stereocenters. The monoisotopic (exact) mass is 289 g/mol. The lowest BCUT2D eigenvalue weighted by Gasteiger charge is -2.06. The molecule has 20 heavy (non-hydrogen) atoms. The SMILES string of the molecule is COc1cccc(C(C=O)O[P+](=O)c2ccccc2)c1. The molecule has 2 aromatic rings. The fourth-order valence-corrected chi connectivity index (χ4v) is 2.61. The molecule has 0 aliphatic rings. The van der Waals surface area contributed by atoms with E-state index in [2.05, 4.69) is 0 Å². The maximum atomic E-state index is 12.1. The summed E-state index contributed by atoms with van der Waals surface area (Å²) in [6, 6.07) is 15.7. The normalized spacial score (nSPS) is 12.6. The molecule has 2 rings (SSSR count). The van der Waals surface area contributed by atoms with Crippen molar-refractivity contribution in [1.29, 1.82) is 0 Å². The van der Waals surface area contributed by atoms with Crippen molar-refractivity contribution in [1.82, 2.24) is 0 Å². The summed E-state index contributed by atoms with van der Waals surface area (Å²) in [7, 11) is -0.538. The standard InChI is InChI=1S/C15H14O4P/c1-18-13-7-5-6-12(10-13)15(11-16)19-20(17)14-8-3-2-4-9-14/h2-11,15H,1H3/q+1. The highest BCUT2D eigenvalue weighted by Gasteiger charge is 2.28. The van der Waals surface area contributed by atoms with Gasteiger partial charge in [-0.2, -0.15) is 0 Å². The zero-order valence-corrected chi connectivity index (χ0v) is 11.8. The van der Waals surface area contributed by atoms with Crippen LogP contribution in [-0.4, -0.2) is 13.4 Å². The number of methoxy groups -OCH3 is 1. The summed E-state index contributed by atoms with van der Waals surface area (Å²) in [6.45, 7) is 0. The predicted molar refractivity (Wildman–Crippen MR) is 76.6 cm³/mol. The Morgan fingerprint density at radius 2 is 1.85 bits per heavy atom. The molecule has 0 fully saturated rings. The van der Waals surface area contributed by atoms with Crippen LogP contribution in [0.1, 0.15) is 11.7 Å². The largest absolute Gasteiger partial charge is 0.549 e. The van der Waals surface area contributed by atoms with Crippen molar-refractivity contribution >= 4 is 19.6 Å². The minimum absolute atomic E-state index is 0.553. The lowest BCUT2D eigenvalue weighted by molar-refractivity contribution is -0.113. The number of ether oxygens (including phenoxy) is 1. The van der Waals surface area contributed by atoms with Gasteiger partial charge in [0, 0.05) is 0 Å². The van der Waals surface area contributed by atoms with E-state index in [0.29, 0.717) is 22.9 Å². The molecule has 0 aliphatic carbocycles. The third-order valence-electron chi connectivity index (χ3n) is 2.72. The minimum atomic E-state index is -2.08. The van der Waals surface area contributed by atoms with Gasteiger partial charge in [-0.05, 0) is 34.4 Å². The number of hydrogen-bond acceptors (Lipinski definition) is 4. The molecule has 2 aromatic carbocycles. The Hall–Kier alpha value is -2.03. The smallest absolute Gasteiger partial charge is 0.497 e. The summed E-state index contributed by atoms with van der Waals surface area (Å²) >= 11 is 0. The summed E-state index contributed by atoms with van der Waals surface area (Å²) in [5.41, 5.74) is 0.610. The van der Waals surface area contributed by atoms with Gasteiger partial charge in [0.2, 0.25) is 5.30 Å². The van der Waals surface area contributed by atoms with Crippen LogP contribution < -0.4 is 10.0 Å². The molecule has 4 nitrogen and oxygen atoms in total. The van der Waals surface area contributed by atoms with Crippen LogP contribution in [0.4, 0.5) is 0 Å². The fourth-order valence-electron chi connectivity index (χ4n) is 1.70. The first-order valence-electron chi connectivity index (χ1n) is 6.03. The van der Waals surface area contributed by atoms with E-state index in [1.54, 1.807) is 55.6 Å². The van der Waals surface area contributed by atoms with E-state index in [-0.39, 0.29) is 0 Å². The highest BCUT2D eigenvalue weighted by molar-refractivity contribution is 7.48.